The molecule has 0 fully saturated rings. The molecule has 0 aliphatic heterocycles. The zero-order valence-corrected chi connectivity index (χ0v) is 14.8. The Hall–Kier alpha value is -2.34. The Morgan fingerprint density at radius 1 is 1.08 bits per heavy atom. The molecule has 0 aromatic heterocycles. The molecule has 2 rings (SSSR count). The molecule has 5 nitrogen and oxygen atoms in total. The number of benzene rings is 2. The van der Waals surface area contributed by atoms with Crippen LogP contribution in [0.4, 0.5) is 0 Å². The second-order valence-electron chi connectivity index (χ2n) is 5.71. The molecule has 6 heteroatoms. The maximum atomic E-state index is 12.1. The number of hydrogen-bond acceptors (Lipinski definition) is 4. The van der Waals surface area contributed by atoms with E-state index in [9.17, 15) is 13.2 Å². The fraction of sp³-hybridized carbons (Fsp3) is 0.278. The molecular weight excluding hydrogens is 326 g/mol. The van der Waals surface area contributed by atoms with Crippen LogP contribution in [0.3, 0.4) is 0 Å². The number of hydrogen-bond donors (Lipinski definition) is 1. The summed E-state index contributed by atoms with van der Waals surface area (Å²) in [5.41, 5.74) is 2.18. The van der Waals surface area contributed by atoms with Crippen molar-refractivity contribution < 1.29 is 17.9 Å². The highest BCUT2D eigenvalue weighted by Gasteiger charge is 2.15. The zero-order valence-electron chi connectivity index (χ0n) is 13.9. The second-order valence-corrected chi connectivity index (χ2v) is 7.72. The lowest BCUT2D eigenvalue weighted by atomic mass is 10.1. The predicted molar refractivity (Wildman–Crippen MR) is 92.7 cm³/mol. The van der Waals surface area contributed by atoms with Gasteiger partial charge in [0.2, 0.25) is 0 Å². The van der Waals surface area contributed by atoms with Gasteiger partial charge in [-0.3, -0.25) is 4.79 Å². The molecule has 0 radical (unpaired) electrons. The topological polar surface area (TPSA) is 72.5 Å². The van der Waals surface area contributed by atoms with Crippen LogP contribution in [0.15, 0.2) is 53.4 Å². The number of ether oxygens (including phenoxy) is 1. The van der Waals surface area contributed by atoms with E-state index in [1.807, 2.05) is 31.2 Å². The summed E-state index contributed by atoms with van der Waals surface area (Å²) >= 11 is 0. The molecule has 0 saturated heterocycles. The van der Waals surface area contributed by atoms with E-state index in [1.54, 1.807) is 19.1 Å². The maximum Gasteiger partial charge on any atom is 0.261 e. The predicted octanol–water partition coefficient (Wildman–Crippen LogP) is 2.48. The molecular formula is C18H21NO4S. The molecule has 1 amide bonds. The highest BCUT2D eigenvalue weighted by Crippen LogP contribution is 2.17. The number of carbonyl (C=O) groups is 1. The van der Waals surface area contributed by atoms with Gasteiger partial charge in [0.05, 0.1) is 4.90 Å². The Kier molecular flexibility index (Phi) is 5.62. The number of amides is 1. The molecule has 1 N–H and O–H groups in total. The van der Waals surface area contributed by atoms with E-state index >= 15 is 0 Å². The van der Waals surface area contributed by atoms with Crippen LogP contribution < -0.4 is 10.1 Å². The number of nitrogens with one attached hydrogen (secondary N) is 1. The SMILES string of the molecule is Cc1ccc(CNC(=O)[C@H](C)Oc2ccc(S(C)(=O)=O)cc2)cc1. The summed E-state index contributed by atoms with van der Waals surface area (Å²) in [6.45, 7) is 4.09. The molecule has 0 aliphatic rings. The fourth-order valence-corrected chi connectivity index (χ4v) is 2.69. The standard InChI is InChI=1S/C18H21NO4S/c1-13-4-6-15(7-5-13)12-19-18(20)14(2)23-16-8-10-17(11-9-16)24(3,21)22/h4-11,14H,12H2,1-3H3,(H,19,20)/t14-/m0/s1. The Bertz CT molecular complexity index is 796. The van der Waals surface area contributed by atoms with Crippen LogP contribution in [0, 0.1) is 6.92 Å². The van der Waals surface area contributed by atoms with Crippen LogP contribution in [0.2, 0.25) is 0 Å². The van der Waals surface area contributed by atoms with Crippen molar-refractivity contribution in [1.29, 1.82) is 0 Å². The molecule has 0 spiro atoms. The van der Waals surface area contributed by atoms with Crippen molar-refractivity contribution in [2.24, 2.45) is 0 Å². The Balaban J connectivity index is 1.90. The summed E-state index contributed by atoms with van der Waals surface area (Å²) in [4.78, 5) is 12.3. The molecule has 2 aromatic carbocycles. The summed E-state index contributed by atoms with van der Waals surface area (Å²) in [6.07, 6.45) is 0.462. The van der Waals surface area contributed by atoms with Gasteiger partial charge in [0, 0.05) is 12.8 Å². The minimum absolute atomic E-state index is 0.214. The quantitative estimate of drug-likeness (QED) is 0.871. The van der Waals surface area contributed by atoms with Gasteiger partial charge in [-0.25, -0.2) is 8.42 Å². The van der Waals surface area contributed by atoms with Gasteiger partial charge < -0.3 is 10.1 Å². The van der Waals surface area contributed by atoms with Crippen molar-refractivity contribution in [3.63, 3.8) is 0 Å². The number of carbonyl (C=O) groups excluding carboxylic acids is 1. The number of aryl methyl sites for hydroxylation is 1. The van der Waals surface area contributed by atoms with Crippen LogP contribution >= 0.6 is 0 Å². The highest BCUT2D eigenvalue weighted by atomic mass is 32.2. The van der Waals surface area contributed by atoms with Crippen molar-refractivity contribution >= 4 is 15.7 Å². The minimum Gasteiger partial charge on any atom is -0.481 e. The van der Waals surface area contributed by atoms with Gasteiger partial charge in [0.1, 0.15) is 5.75 Å². The molecule has 24 heavy (non-hydrogen) atoms. The summed E-state index contributed by atoms with van der Waals surface area (Å²) in [7, 11) is -3.24. The van der Waals surface area contributed by atoms with Gasteiger partial charge in [-0.2, -0.15) is 0 Å². The highest BCUT2D eigenvalue weighted by molar-refractivity contribution is 7.90. The lowest BCUT2D eigenvalue weighted by Crippen LogP contribution is -2.35. The average Bonchev–Trinajstić information content (AvgIpc) is 2.53. The van der Waals surface area contributed by atoms with Crippen LogP contribution in [0.25, 0.3) is 0 Å². The second kappa shape index (κ2) is 7.49. The van der Waals surface area contributed by atoms with Gasteiger partial charge in [0.25, 0.3) is 5.91 Å². The summed E-state index contributed by atoms with van der Waals surface area (Å²) in [5, 5.41) is 2.81. The van der Waals surface area contributed by atoms with Gasteiger partial charge in [-0.15, -0.1) is 0 Å². The fourth-order valence-electron chi connectivity index (χ4n) is 2.06. The van der Waals surface area contributed by atoms with Crippen molar-refractivity contribution in [3.05, 3.63) is 59.7 Å². The van der Waals surface area contributed by atoms with Gasteiger partial charge in [-0.1, -0.05) is 29.8 Å². The van der Waals surface area contributed by atoms with Gasteiger partial charge in [0.15, 0.2) is 15.9 Å². The first-order chi connectivity index (χ1) is 11.3. The van der Waals surface area contributed by atoms with Crippen molar-refractivity contribution in [2.45, 2.75) is 31.4 Å². The molecule has 128 valence electrons. The first-order valence-corrected chi connectivity index (χ1v) is 9.45. The zero-order chi connectivity index (χ0) is 17.7. The lowest BCUT2D eigenvalue weighted by molar-refractivity contribution is -0.127. The normalized spacial score (nSPS) is 12.5. The maximum absolute atomic E-state index is 12.1. The van der Waals surface area contributed by atoms with E-state index in [1.165, 1.54) is 17.7 Å². The number of rotatable bonds is 6. The van der Waals surface area contributed by atoms with Gasteiger partial charge >= 0.3 is 0 Å². The smallest absolute Gasteiger partial charge is 0.261 e. The monoisotopic (exact) mass is 347 g/mol. The van der Waals surface area contributed by atoms with Gasteiger partial charge in [-0.05, 0) is 43.7 Å². The minimum atomic E-state index is -3.24. The van der Waals surface area contributed by atoms with Crippen molar-refractivity contribution in [2.75, 3.05) is 6.26 Å². The van der Waals surface area contributed by atoms with Crippen LogP contribution in [-0.4, -0.2) is 26.7 Å². The average molecular weight is 347 g/mol. The van der Waals surface area contributed by atoms with Crippen LogP contribution in [0.5, 0.6) is 5.75 Å². The van der Waals surface area contributed by atoms with Crippen molar-refractivity contribution in [3.8, 4) is 5.75 Å². The first-order valence-electron chi connectivity index (χ1n) is 7.56. The molecule has 0 unspecified atom stereocenters. The lowest BCUT2D eigenvalue weighted by Gasteiger charge is -2.15. The summed E-state index contributed by atoms with van der Waals surface area (Å²) in [5.74, 6) is 0.211. The molecule has 2 aromatic rings. The third-order valence-electron chi connectivity index (χ3n) is 3.52. The molecule has 1 atom stereocenters. The Labute approximate surface area is 142 Å². The largest absolute Gasteiger partial charge is 0.481 e. The van der Waals surface area contributed by atoms with E-state index < -0.39 is 15.9 Å². The Morgan fingerprint density at radius 2 is 1.67 bits per heavy atom. The van der Waals surface area contributed by atoms with Crippen molar-refractivity contribution in [1.82, 2.24) is 5.32 Å². The van der Waals surface area contributed by atoms with E-state index in [2.05, 4.69) is 5.32 Å². The number of sulfone groups is 1. The molecule has 0 bridgehead atoms. The summed E-state index contributed by atoms with van der Waals surface area (Å²) < 4.78 is 28.4. The third kappa shape index (κ3) is 5.09. The molecule has 0 heterocycles. The van der Waals surface area contributed by atoms with Crippen LogP contribution in [0.1, 0.15) is 18.1 Å². The van der Waals surface area contributed by atoms with E-state index in [0.29, 0.717) is 12.3 Å². The van der Waals surface area contributed by atoms with E-state index in [4.69, 9.17) is 4.74 Å². The first kappa shape index (κ1) is 18.0. The van der Waals surface area contributed by atoms with Crippen LogP contribution in [-0.2, 0) is 21.2 Å². The molecule has 0 saturated carbocycles. The Morgan fingerprint density at radius 3 is 2.21 bits per heavy atom. The molecule has 0 aliphatic carbocycles. The van der Waals surface area contributed by atoms with E-state index in [0.717, 1.165) is 11.8 Å². The summed E-state index contributed by atoms with van der Waals surface area (Å²) in [6, 6.07) is 13.9. The van der Waals surface area contributed by atoms with E-state index in [-0.39, 0.29) is 10.8 Å². The third-order valence-corrected chi connectivity index (χ3v) is 4.65.